The van der Waals surface area contributed by atoms with E-state index in [4.69, 9.17) is 12.2 Å². The van der Waals surface area contributed by atoms with E-state index in [0.29, 0.717) is 15.4 Å². The predicted octanol–water partition coefficient (Wildman–Crippen LogP) is 5.88. The van der Waals surface area contributed by atoms with Gasteiger partial charge in [0.25, 0.3) is 11.6 Å². The summed E-state index contributed by atoms with van der Waals surface area (Å²) in [5, 5.41) is 17.9. The monoisotopic (exact) mass is 517 g/mol. The second-order valence-electron chi connectivity index (χ2n) is 6.46. The van der Waals surface area contributed by atoms with Crippen LogP contribution in [-0.4, -0.2) is 32.2 Å². The summed E-state index contributed by atoms with van der Waals surface area (Å²) in [6.07, 6.45) is 1.99. The second-order valence-corrected chi connectivity index (χ2v) is 11.0. The van der Waals surface area contributed by atoms with Crippen molar-refractivity contribution in [3.05, 3.63) is 51.4 Å². The number of hydrogen-bond acceptors (Lipinski definition) is 10. The molecule has 32 heavy (non-hydrogen) atoms. The van der Waals surface area contributed by atoms with Gasteiger partial charge in [0.2, 0.25) is 0 Å². The van der Waals surface area contributed by atoms with Crippen molar-refractivity contribution in [2.75, 3.05) is 11.6 Å². The van der Waals surface area contributed by atoms with Crippen molar-refractivity contribution in [2.45, 2.75) is 4.34 Å². The molecular weight excluding hydrogens is 507 g/mol. The number of thioether (sulfide) groups is 1. The molecule has 2 aromatic carbocycles. The Morgan fingerprint density at radius 2 is 1.84 bits per heavy atom. The van der Waals surface area contributed by atoms with Crippen LogP contribution in [-0.2, 0) is 0 Å². The van der Waals surface area contributed by atoms with Gasteiger partial charge in [0.1, 0.15) is 0 Å². The molecule has 0 saturated heterocycles. The summed E-state index contributed by atoms with van der Waals surface area (Å²) in [4.78, 5) is 32.7. The standard InChI is InChI=1S/C19H11N5O3S5/c1-29-19-21-11-4-3-10-14(15(11)32-19)31-18(20-10)23-17(28)22-16(25)13-7-8-6-9(24(26)27)2-5-12(8)30-13/h2-7H,1H3,(H2,20,22,23,25,28). The number of anilines is 1. The van der Waals surface area contributed by atoms with Gasteiger partial charge in [-0.25, -0.2) is 9.97 Å². The SMILES string of the molecule is CSc1nc2ccc3nc(NC(=S)NC(=O)c4cc5cc([N+](=O)[O-])ccc5s4)sc3c2s1. The fourth-order valence-electron chi connectivity index (χ4n) is 3.04. The number of fused-ring (bicyclic) bond motifs is 4. The first kappa shape index (κ1) is 21.2. The van der Waals surface area contributed by atoms with Crippen LogP contribution >= 0.6 is 58.0 Å². The minimum Gasteiger partial charge on any atom is -0.308 e. The van der Waals surface area contributed by atoms with Crippen molar-refractivity contribution in [1.82, 2.24) is 15.3 Å². The summed E-state index contributed by atoms with van der Waals surface area (Å²) in [7, 11) is 0. The van der Waals surface area contributed by atoms with Gasteiger partial charge in [-0.15, -0.1) is 22.7 Å². The smallest absolute Gasteiger partial charge is 0.270 e. The maximum Gasteiger partial charge on any atom is 0.270 e. The molecule has 0 radical (unpaired) electrons. The number of carbonyl (C=O) groups is 1. The molecule has 5 aromatic rings. The average Bonchev–Trinajstić information content (AvgIpc) is 3.47. The van der Waals surface area contributed by atoms with Crippen molar-refractivity contribution in [3.63, 3.8) is 0 Å². The minimum absolute atomic E-state index is 0.0185. The van der Waals surface area contributed by atoms with E-state index >= 15 is 0 Å². The van der Waals surface area contributed by atoms with Crippen LogP contribution in [0.15, 0.2) is 40.7 Å². The highest BCUT2D eigenvalue weighted by atomic mass is 32.2. The molecule has 0 bridgehead atoms. The molecular formula is C19H11N5O3S5. The Morgan fingerprint density at radius 1 is 1.09 bits per heavy atom. The van der Waals surface area contributed by atoms with E-state index in [-0.39, 0.29) is 16.7 Å². The fourth-order valence-corrected chi connectivity index (χ4v) is 6.90. The van der Waals surface area contributed by atoms with Crippen LogP contribution in [0.2, 0.25) is 0 Å². The Labute approximate surface area is 201 Å². The van der Waals surface area contributed by atoms with Gasteiger partial charge in [-0.3, -0.25) is 20.2 Å². The lowest BCUT2D eigenvalue weighted by molar-refractivity contribution is -0.384. The molecule has 5 rings (SSSR count). The quantitative estimate of drug-likeness (QED) is 0.132. The van der Waals surface area contributed by atoms with Gasteiger partial charge in [0.15, 0.2) is 14.6 Å². The van der Waals surface area contributed by atoms with Crippen LogP contribution in [0.5, 0.6) is 0 Å². The Bertz CT molecular complexity index is 1550. The summed E-state index contributed by atoms with van der Waals surface area (Å²) in [6, 6.07) is 9.98. The van der Waals surface area contributed by atoms with E-state index in [1.165, 1.54) is 34.8 Å². The second kappa shape index (κ2) is 8.33. The van der Waals surface area contributed by atoms with E-state index in [1.807, 2.05) is 18.4 Å². The van der Waals surface area contributed by atoms with Gasteiger partial charge in [-0.2, -0.15) is 0 Å². The number of nitrogens with one attached hydrogen (secondary N) is 2. The number of hydrogen-bond donors (Lipinski definition) is 2. The lowest BCUT2D eigenvalue weighted by Gasteiger charge is -2.05. The topological polar surface area (TPSA) is 110 Å². The van der Waals surface area contributed by atoms with Gasteiger partial charge < -0.3 is 5.32 Å². The van der Waals surface area contributed by atoms with E-state index in [2.05, 4.69) is 20.6 Å². The highest BCUT2D eigenvalue weighted by Gasteiger charge is 2.16. The van der Waals surface area contributed by atoms with Crippen LogP contribution < -0.4 is 10.6 Å². The van der Waals surface area contributed by atoms with E-state index in [1.54, 1.807) is 35.2 Å². The lowest BCUT2D eigenvalue weighted by Crippen LogP contribution is -2.33. The number of amides is 1. The summed E-state index contributed by atoms with van der Waals surface area (Å²) < 4.78 is 3.87. The zero-order chi connectivity index (χ0) is 22.4. The molecule has 8 nitrogen and oxygen atoms in total. The Balaban J connectivity index is 1.34. The maximum absolute atomic E-state index is 12.6. The number of thiazole rings is 2. The number of nitro groups is 1. The van der Waals surface area contributed by atoms with E-state index < -0.39 is 4.92 Å². The van der Waals surface area contributed by atoms with Crippen molar-refractivity contribution >= 4 is 110 Å². The Morgan fingerprint density at radius 3 is 2.59 bits per heavy atom. The number of carbonyl (C=O) groups excluding carboxylic acids is 1. The van der Waals surface area contributed by atoms with E-state index in [0.717, 1.165) is 29.5 Å². The summed E-state index contributed by atoms with van der Waals surface area (Å²) >= 11 is 11.2. The number of aromatic nitrogens is 2. The largest absolute Gasteiger partial charge is 0.308 e. The highest BCUT2D eigenvalue weighted by Crippen LogP contribution is 2.38. The molecule has 160 valence electrons. The number of thiophene rings is 1. The third kappa shape index (κ3) is 3.93. The van der Waals surface area contributed by atoms with Crippen molar-refractivity contribution < 1.29 is 9.72 Å². The first-order valence-electron chi connectivity index (χ1n) is 8.95. The predicted molar refractivity (Wildman–Crippen MR) is 137 cm³/mol. The van der Waals surface area contributed by atoms with Crippen molar-refractivity contribution in [3.8, 4) is 0 Å². The molecule has 13 heteroatoms. The number of non-ortho nitro benzene ring substituents is 1. The molecule has 3 heterocycles. The number of nitro benzene ring substituents is 1. The van der Waals surface area contributed by atoms with Gasteiger partial charge in [0.05, 0.1) is 30.2 Å². The third-order valence-electron chi connectivity index (χ3n) is 4.45. The first-order chi connectivity index (χ1) is 15.4. The van der Waals surface area contributed by atoms with Gasteiger partial charge >= 0.3 is 0 Å². The molecule has 0 atom stereocenters. The summed E-state index contributed by atoms with van der Waals surface area (Å²) in [5.74, 6) is -0.387. The van der Waals surface area contributed by atoms with Gasteiger partial charge in [0, 0.05) is 22.2 Å². The Kier molecular flexibility index (Phi) is 5.51. The molecule has 1 amide bonds. The third-order valence-corrected chi connectivity index (χ3v) is 8.98. The van der Waals surface area contributed by atoms with Crippen LogP contribution in [0.4, 0.5) is 10.8 Å². The van der Waals surface area contributed by atoms with Crippen LogP contribution in [0, 0.1) is 10.1 Å². The number of thiocarbonyl (C=S) groups is 1. The number of nitrogens with zero attached hydrogens (tertiary/aromatic N) is 3. The van der Waals surface area contributed by atoms with Crippen LogP contribution in [0.1, 0.15) is 9.67 Å². The zero-order valence-corrected chi connectivity index (χ0v) is 20.2. The molecule has 3 aromatic heterocycles. The lowest BCUT2D eigenvalue weighted by atomic mass is 10.2. The molecule has 0 aliphatic rings. The molecule has 0 unspecified atom stereocenters. The van der Waals surface area contributed by atoms with Crippen molar-refractivity contribution in [1.29, 1.82) is 0 Å². The zero-order valence-electron chi connectivity index (χ0n) is 16.1. The van der Waals surface area contributed by atoms with Gasteiger partial charge in [-0.1, -0.05) is 23.1 Å². The number of rotatable bonds is 4. The van der Waals surface area contributed by atoms with Crippen LogP contribution in [0.3, 0.4) is 0 Å². The average molecular weight is 518 g/mol. The Hall–Kier alpha value is -2.71. The minimum atomic E-state index is -0.462. The molecule has 2 N–H and O–H groups in total. The first-order valence-corrected chi connectivity index (χ1v) is 13.0. The fraction of sp³-hybridized carbons (Fsp3) is 0.0526. The molecule has 0 spiro atoms. The summed E-state index contributed by atoms with van der Waals surface area (Å²) in [5.41, 5.74) is 1.75. The van der Waals surface area contributed by atoms with Crippen molar-refractivity contribution in [2.24, 2.45) is 0 Å². The molecule has 0 aliphatic carbocycles. The number of benzene rings is 2. The van der Waals surface area contributed by atoms with E-state index in [9.17, 15) is 14.9 Å². The highest BCUT2D eigenvalue weighted by molar-refractivity contribution is 8.00. The molecule has 0 aliphatic heterocycles. The molecule has 0 saturated carbocycles. The maximum atomic E-state index is 12.6. The normalized spacial score (nSPS) is 11.3. The molecule has 0 fully saturated rings. The van der Waals surface area contributed by atoms with Crippen LogP contribution in [0.25, 0.3) is 30.5 Å². The summed E-state index contributed by atoms with van der Waals surface area (Å²) in [6.45, 7) is 0. The van der Waals surface area contributed by atoms with Gasteiger partial charge in [-0.05, 0) is 42.7 Å².